The van der Waals surface area contributed by atoms with Gasteiger partial charge in [-0.2, -0.15) is 0 Å². The number of carbonyl (C=O) groups excluding carboxylic acids is 1. The molecule has 3 aromatic carbocycles. The molecule has 8 heteroatoms. The van der Waals surface area contributed by atoms with E-state index in [-0.39, 0.29) is 24.8 Å². The molecule has 0 spiro atoms. The number of thioether (sulfide) groups is 1. The first-order chi connectivity index (χ1) is 16.9. The Hall–Kier alpha value is -2.97. The minimum atomic E-state index is -0.866. The van der Waals surface area contributed by atoms with Crippen molar-refractivity contribution in [3.63, 3.8) is 0 Å². The molecule has 1 unspecified atom stereocenters. The highest BCUT2D eigenvalue weighted by molar-refractivity contribution is 8.00. The molecule has 0 aliphatic heterocycles. The van der Waals surface area contributed by atoms with Crippen LogP contribution in [-0.2, 0) is 40.2 Å². The summed E-state index contributed by atoms with van der Waals surface area (Å²) in [6.07, 6.45) is 3.03. The van der Waals surface area contributed by atoms with Gasteiger partial charge in [0.25, 0.3) is 0 Å². The number of hydrogen-bond donors (Lipinski definition) is 1. The Morgan fingerprint density at radius 1 is 0.886 bits per heavy atom. The second-order valence-electron chi connectivity index (χ2n) is 7.83. The van der Waals surface area contributed by atoms with Gasteiger partial charge in [-0.1, -0.05) is 48.5 Å². The summed E-state index contributed by atoms with van der Waals surface area (Å²) >= 11 is 2.63. The number of rotatable bonds is 13. The van der Waals surface area contributed by atoms with Crippen molar-refractivity contribution in [3.8, 4) is 5.75 Å². The van der Waals surface area contributed by atoms with Crippen molar-refractivity contribution in [1.82, 2.24) is 0 Å². The lowest BCUT2D eigenvalue weighted by Crippen LogP contribution is -2.20. The molecule has 0 saturated heterocycles. The first-order valence-electron chi connectivity index (χ1n) is 11.0. The van der Waals surface area contributed by atoms with Gasteiger partial charge in [-0.25, -0.2) is 4.39 Å². The van der Waals surface area contributed by atoms with Gasteiger partial charge in [0.2, 0.25) is 0 Å². The number of carboxylic acids is 1. The average molecular weight is 515 g/mol. The van der Waals surface area contributed by atoms with Crippen molar-refractivity contribution < 1.29 is 28.0 Å². The third-order valence-corrected chi connectivity index (χ3v) is 6.76. The fraction of sp³-hybridized carbons (Fsp3) is 0.259. The van der Waals surface area contributed by atoms with E-state index >= 15 is 0 Å². The van der Waals surface area contributed by atoms with Gasteiger partial charge >= 0.3 is 11.9 Å². The van der Waals surface area contributed by atoms with Crippen LogP contribution in [0.25, 0.3) is 0 Å². The van der Waals surface area contributed by atoms with Crippen molar-refractivity contribution in [2.45, 2.75) is 31.1 Å². The highest BCUT2D eigenvalue weighted by Crippen LogP contribution is 2.20. The topological polar surface area (TPSA) is 72.8 Å². The van der Waals surface area contributed by atoms with Crippen molar-refractivity contribution in [1.29, 1.82) is 0 Å². The number of aryl methyl sites for hydroxylation is 1. The highest BCUT2D eigenvalue weighted by atomic mass is 32.2. The minimum Gasteiger partial charge on any atom is -0.480 e. The van der Waals surface area contributed by atoms with E-state index in [0.29, 0.717) is 18.6 Å². The van der Waals surface area contributed by atoms with Crippen LogP contribution in [0.1, 0.15) is 22.3 Å². The van der Waals surface area contributed by atoms with Gasteiger partial charge in [-0.05, 0) is 65.1 Å². The van der Waals surface area contributed by atoms with Crippen molar-refractivity contribution >= 4 is 35.7 Å². The van der Waals surface area contributed by atoms with E-state index < -0.39 is 11.2 Å². The summed E-state index contributed by atoms with van der Waals surface area (Å²) in [5.41, 5.74) is 3.54. The quantitative estimate of drug-likeness (QED) is 0.230. The van der Waals surface area contributed by atoms with Crippen LogP contribution >= 0.6 is 23.8 Å². The van der Waals surface area contributed by atoms with Crippen LogP contribution in [-0.4, -0.2) is 34.3 Å². The van der Waals surface area contributed by atoms with E-state index in [1.165, 1.54) is 35.9 Å². The molecule has 1 N–H and O–H groups in total. The Morgan fingerprint density at radius 3 is 2.11 bits per heavy atom. The molecule has 0 bridgehead atoms. The molecule has 0 aromatic heterocycles. The van der Waals surface area contributed by atoms with Crippen molar-refractivity contribution in [2.24, 2.45) is 0 Å². The molecule has 3 aromatic rings. The summed E-state index contributed by atoms with van der Waals surface area (Å²) in [5.74, 6) is -0.117. The Labute approximate surface area is 213 Å². The molecule has 184 valence electrons. The molecule has 0 fully saturated rings. The average Bonchev–Trinajstić information content (AvgIpc) is 2.85. The fourth-order valence-electron chi connectivity index (χ4n) is 3.31. The number of esters is 1. The monoisotopic (exact) mass is 514 g/mol. The lowest BCUT2D eigenvalue weighted by Gasteiger charge is -2.13. The Kier molecular flexibility index (Phi) is 10.5. The predicted octanol–water partition coefficient (Wildman–Crippen LogP) is 5.74. The van der Waals surface area contributed by atoms with Gasteiger partial charge in [0, 0.05) is 6.26 Å². The molecular weight excluding hydrogens is 487 g/mol. The number of carboxylic acid groups (broad SMARTS) is 1. The third kappa shape index (κ3) is 9.30. The Bertz CT molecular complexity index is 1090. The van der Waals surface area contributed by atoms with Crippen LogP contribution in [0.5, 0.6) is 5.75 Å². The second kappa shape index (κ2) is 13.8. The standard InChI is InChI=1S/C27H27FO5S2/c1-34-33-24-12-8-22(9-13-24)18-32-26(29)17-21-4-2-20(3-5-21)16-25(27(30)31)35-15-14-19-6-10-23(28)11-7-19/h2-13,25H,14-18H2,1H3,(H,30,31). The number of carbonyl (C=O) groups is 2. The summed E-state index contributed by atoms with van der Waals surface area (Å²) in [4.78, 5) is 23.9. The van der Waals surface area contributed by atoms with Crippen LogP contribution in [0.4, 0.5) is 4.39 Å². The maximum atomic E-state index is 13.0. The van der Waals surface area contributed by atoms with E-state index in [0.717, 1.165) is 28.0 Å². The smallest absolute Gasteiger partial charge is 0.316 e. The summed E-state index contributed by atoms with van der Waals surface area (Å²) in [6.45, 7) is 0.186. The molecule has 0 saturated carbocycles. The van der Waals surface area contributed by atoms with Crippen molar-refractivity contribution in [2.75, 3.05) is 12.0 Å². The van der Waals surface area contributed by atoms with Crippen LogP contribution in [0.2, 0.25) is 0 Å². The molecule has 0 heterocycles. The summed E-state index contributed by atoms with van der Waals surface area (Å²) in [5, 5.41) is 9.01. The highest BCUT2D eigenvalue weighted by Gasteiger charge is 2.18. The molecule has 0 aliphatic carbocycles. The van der Waals surface area contributed by atoms with Gasteiger partial charge in [0.05, 0.1) is 18.5 Å². The van der Waals surface area contributed by atoms with Gasteiger partial charge in [-0.3, -0.25) is 9.59 Å². The van der Waals surface area contributed by atoms with E-state index in [1.807, 2.05) is 54.8 Å². The second-order valence-corrected chi connectivity index (χ2v) is 9.64. The third-order valence-electron chi connectivity index (χ3n) is 5.19. The van der Waals surface area contributed by atoms with Gasteiger partial charge < -0.3 is 14.0 Å². The minimum absolute atomic E-state index is 0.142. The molecule has 5 nitrogen and oxygen atoms in total. The number of aliphatic carboxylic acids is 1. The van der Waals surface area contributed by atoms with Crippen LogP contribution in [0, 0.1) is 5.82 Å². The number of halogens is 1. The zero-order valence-electron chi connectivity index (χ0n) is 19.3. The van der Waals surface area contributed by atoms with Gasteiger partial charge in [0.1, 0.15) is 23.4 Å². The zero-order chi connectivity index (χ0) is 25.0. The van der Waals surface area contributed by atoms with Crippen molar-refractivity contribution in [3.05, 3.63) is 101 Å². The van der Waals surface area contributed by atoms with Crippen LogP contribution in [0.15, 0.2) is 72.8 Å². The number of benzene rings is 3. The van der Waals surface area contributed by atoms with E-state index in [1.54, 1.807) is 12.1 Å². The zero-order valence-corrected chi connectivity index (χ0v) is 20.9. The number of hydrogen-bond acceptors (Lipinski definition) is 6. The maximum Gasteiger partial charge on any atom is 0.316 e. The summed E-state index contributed by atoms with van der Waals surface area (Å²) in [6, 6.07) is 21.0. The Morgan fingerprint density at radius 2 is 1.49 bits per heavy atom. The predicted molar refractivity (Wildman–Crippen MR) is 138 cm³/mol. The maximum absolute atomic E-state index is 13.0. The SMILES string of the molecule is CSOc1ccc(COC(=O)Cc2ccc(CC(SCCc3ccc(F)cc3)C(=O)O)cc2)cc1. The first kappa shape index (κ1) is 26.6. The number of ether oxygens (including phenoxy) is 1. The molecule has 0 aliphatic rings. The molecule has 1 atom stereocenters. The largest absolute Gasteiger partial charge is 0.480 e. The fourth-order valence-corrected chi connectivity index (χ4v) is 4.71. The lowest BCUT2D eigenvalue weighted by atomic mass is 10.1. The molecular formula is C27H27FO5S2. The lowest BCUT2D eigenvalue weighted by molar-refractivity contribution is -0.144. The van der Waals surface area contributed by atoms with E-state index in [2.05, 4.69) is 0 Å². The van der Waals surface area contributed by atoms with Gasteiger partial charge in [0.15, 0.2) is 0 Å². The molecule has 0 amide bonds. The van der Waals surface area contributed by atoms with Crippen LogP contribution in [0.3, 0.4) is 0 Å². The van der Waals surface area contributed by atoms with Gasteiger partial charge in [-0.15, -0.1) is 11.8 Å². The first-order valence-corrected chi connectivity index (χ1v) is 13.2. The Balaban J connectivity index is 1.44. The molecule has 35 heavy (non-hydrogen) atoms. The van der Waals surface area contributed by atoms with E-state index in [4.69, 9.17) is 8.92 Å². The molecule has 3 rings (SSSR count). The normalized spacial score (nSPS) is 11.6. The molecule has 0 radical (unpaired) electrons. The van der Waals surface area contributed by atoms with Crippen LogP contribution < -0.4 is 4.18 Å². The summed E-state index contributed by atoms with van der Waals surface area (Å²) in [7, 11) is 0. The van der Waals surface area contributed by atoms with E-state index in [9.17, 15) is 19.1 Å². The summed E-state index contributed by atoms with van der Waals surface area (Å²) < 4.78 is 23.7.